The Labute approximate surface area is 128 Å². The van der Waals surface area contributed by atoms with Gasteiger partial charge in [0.2, 0.25) is 0 Å². The Kier molecular flexibility index (Phi) is 4.18. The molecule has 0 aromatic carbocycles. The molecule has 118 valence electrons. The molecule has 2 aromatic heterocycles. The summed E-state index contributed by atoms with van der Waals surface area (Å²) in [7, 11) is -0.523. The summed E-state index contributed by atoms with van der Waals surface area (Å²) in [6.07, 6.45) is 5.21. The van der Waals surface area contributed by atoms with Crippen LogP contribution in [0.4, 0.5) is 0 Å². The van der Waals surface area contributed by atoms with Gasteiger partial charge in [0.05, 0.1) is 11.9 Å². The predicted molar refractivity (Wildman–Crippen MR) is 80.3 cm³/mol. The van der Waals surface area contributed by atoms with Crippen molar-refractivity contribution in [3.05, 3.63) is 35.4 Å². The van der Waals surface area contributed by atoms with Crippen LogP contribution in [0.25, 0.3) is 6.08 Å². The van der Waals surface area contributed by atoms with Gasteiger partial charge in [0, 0.05) is 37.6 Å². The van der Waals surface area contributed by atoms with Gasteiger partial charge in [-0.05, 0) is 19.9 Å². The van der Waals surface area contributed by atoms with Crippen LogP contribution in [0, 0.1) is 13.8 Å². The minimum absolute atomic E-state index is 0.0644. The lowest BCUT2D eigenvalue weighted by Crippen LogP contribution is -2.28. The lowest BCUT2D eigenvalue weighted by molar-refractivity contribution is -0.114. The fourth-order valence-corrected chi connectivity index (χ4v) is 2.88. The zero-order chi connectivity index (χ0) is 16.5. The second-order valence-corrected chi connectivity index (χ2v) is 6.54. The Balaban J connectivity index is 2.15. The van der Waals surface area contributed by atoms with Crippen LogP contribution in [-0.4, -0.2) is 33.9 Å². The van der Waals surface area contributed by atoms with Gasteiger partial charge in [-0.3, -0.25) is 14.2 Å². The normalized spacial score (nSPS) is 12.0. The Hall–Kier alpha value is -2.42. The minimum Gasteiger partial charge on any atom is -0.274 e. The van der Waals surface area contributed by atoms with Crippen LogP contribution in [-0.2, 0) is 28.9 Å². The molecule has 2 aromatic rings. The molecule has 9 heteroatoms. The van der Waals surface area contributed by atoms with Gasteiger partial charge >= 0.3 is 0 Å². The van der Waals surface area contributed by atoms with E-state index in [4.69, 9.17) is 0 Å². The maximum atomic E-state index is 12.0. The third-order valence-corrected chi connectivity index (χ3v) is 4.49. The van der Waals surface area contributed by atoms with Crippen LogP contribution in [0.3, 0.4) is 0 Å². The van der Waals surface area contributed by atoms with E-state index in [1.54, 1.807) is 24.9 Å². The number of hydrogen-bond acceptors (Lipinski definition) is 5. The van der Waals surface area contributed by atoms with Crippen molar-refractivity contribution in [3.63, 3.8) is 0 Å². The molecule has 0 fully saturated rings. The van der Waals surface area contributed by atoms with E-state index in [1.807, 2.05) is 18.6 Å². The lowest BCUT2D eigenvalue weighted by Gasteiger charge is -2.01. The van der Waals surface area contributed by atoms with E-state index in [-0.39, 0.29) is 4.90 Å². The summed E-state index contributed by atoms with van der Waals surface area (Å²) in [5.41, 5.74) is 2.44. The molecule has 0 saturated heterocycles. The number of nitrogens with zero attached hydrogens (tertiary/aromatic N) is 4. The number of carbonyl (C=O) groups is 1. The number of nitrogens with one attached hydrogen (secondary N) is 1. The molecule has 0 aliphatic carbocycles. The molecule has 0 unspecified atom stereocenters. The first-order valence-corrected chi connectivity index (χ1v) is 7.92. The van der Waals surface area contributed by atoms with Gasteiger partial charge in [0.1, 0.15) is 4.90 Å². The molecular weight excluding hydrogens is 306 g/mol. The van der Waals surface area contributed by atoms with Crippen LogP contribution in [0.1, 0.15) is 17.0 Å². The Morgan fingerprint density at radius 2 is 2.00 bits per heavy atom. The summed E-state index contributed by atoms with van der Waals surface area (Å²) in [5, 5.41) is 7.98. The second-order valence-electron chi connectivity index (χ2n) is 4.86. The highest BCUT2D eigenvalue weighted by Crippen LogP contribution is 2.13. The molecule has 0 atom stereocenters. The van der Waals surface area contributed by atoms with E-state index < -0.39 is 15.9 Å². The fraction of sp³-hybridized carbons (Fsp3) is 0.308. The molecule has 2 heterocycles. The van der Waals surface area contributed by atoms with Crippen molar-refractivity contribution in [2.75, 3.05) is 0 Å². The first-order valence-electron chi connectivity index (χ1n) is 6.44. The molecule has 0 bridgehead atoms. The van der Waals surface area contributed by atoms with E-state index in [0.717, 1.165) is 17.0 Å². The zero-order valence-electron chi connectivity index (χ0n) is 12.7. The Bertz CT molecular complexity index is 845. The van der Waals surface area contributed by atoms with Crippen molar-refractivity contribution in [3.8, 4) is 0 Å². The molecule has 0 radical (unpaired) electrons. The van der Waals surface area contributed by atoms with Crippen molar-refractivity contribution in [2.45, 2.75) is 18.7 Å². The van der Waals surface area contributed by atoms with Crippen LogP contribution < -0.4 is 4.72 Å². The molecule has 0 aliphatic rings. The molecule has 1 amide bonds. The van der Waals surface area contributed by atoms with E-state index in [0.29, 0.717) is 0 Å². The standard InChI is InChI=1S/C13H17N5O3S/c1-9-12(10(2)18(4)15-9)5-6-13(19)16-22(20,21)11-7-14-17(3)8-11/h5-8H,1-4H3,(H,16,19)/b6-5+. The quantitative estimate of drug-likeness (QED) is 0.815. The van der Waals surface area contributed by atoms with Gasteiger partial charge in [-0.1, -0.05) is 0 Å². The second kappa shape index (κ2) is 5.76. The number of amides is 1. The smallest absolute Gasteiger partial charge is 0.267 e. The van der Waals surface area contributed by atoms with Crippen molar-refractivity contribution in [1.29, 1.82) is 0 Å². The van der Waals surface area contributed by atoms with E-state index >= 15 is 0 Å². The molecule has 22 heavy (non-hydrogen) atoms. The highest BCUT2D eigenvalue weighted by atomic mass is 32.2. The first-order chi connectivity index (χ1) is 10.2. The number of sulfonamides is 1. The van der Waals surface area contributed by atoms with Gasteiger partial charge in [0.15, 0.2) is 0 Å². The van der Waals surface area contributed by atoms with Crippen molar-refractivity contribution >= 4 is 22.0 Å². The minimum atomic E-state index is -3.91. The first kappa shape index (κ1) is 16.0. The zero-order valence-corrected chi connectivity index (χ0v) is 13.5. The average molecular weight is 323 g/mol. The highest BCUT2D eigenvalue weighted by Gasteiger charge is 2.18. The molecule has 0 saturated carbocycles. The van der Waals surface area contributed by atoms with E-state index in [9.17, 15) is 13.2 Å². The predicted octanol–water partition coefficient (Wildman–Crippen LogP) is 0.289. The molecule has 0 aliphatic heterocycles. The Morgan fingerprint density at radius 3 is 2.50 bits per heavy atom. The highest BCUT2D eigenvalue weighted by molar-refractivity contribution is 7.90. The number of aryl methyl sites for hydroxylation is 3. The summed E-state index contributed by atoms with van der Waals surface area (Å²) in [4.78, 5) is 11.7. The summed E-state index contributed by atoms with van der Waals surface area (Å²) in [5.74, 6) is -0.730. The topological polar surface area (TPSA) is 98.9 Å². The lowest BCUT2D eigenvalue weighted by atomic mass is 10.2. The number of carbonyl (C=O) groups excluding carboxylic acids is 1. The number of rotatable bonds is 4. The monoisotopic (exact) mass is 323 g/mol. The maximum Gasteiger partial charge on any atom is 0.267 e. The number of aromatic nitrogens is 4. The average Bonchev–Trinajstić information content (AvgIpc) is 2.94. The van der Waals surface area contributed by atoms with Crippen molar-refractivity contribution in [1.82, 2.24) is 24.3 Å². The van der Waals surface area contributed by atoms with Crippen molar-refractivity contribution < 1.29 is 13.2 Å². The fourth-order valence-electron chi connectivity index (χ4n) is 1.95. The van der Waals surface area contributed by atoms with Crippen molar-refractivity contribution in [2.24, 2.45) is 14.1 Å². The van der Waals surface area contributed by atoms with Crippen LogP contribution in [0.2, 0.25) is 0 Å². The summed E-state index contributed by atoms with van der Waals surface area (Å²) in [6.45, 7) is 3.68. The largest absolute Gasteiger partial charge is 0.274 e. The molecule has 0 spiro atoms. The molecule has 1 N–H and O–H groups in total. The van der Waals surface area contributed by atoms with Gasteiger partial charge in [-0.2, -0.15) is 10.2 Å². The Morgan fingerprint density at radius 1 is 1.32 bits per heavy atom. The number of hydrogen-bond donors (Lipinski definition) is 1. The SMILES string of the molecule is Cc1nn(C)c(C)c1/C=C/C(=O)NS(=O)(=O)c1cnn(C)c1. The summed E-state index contributed by atoms with van der Waals surface area (Å²) < 4.78 is 28.9. The van der Waals surface area contributed by atoms with E-state index in [2.05, 4.69) is 10.2 Å². The van der Waals surface area contributed by atoms with Crippen LogP contribution in [0.5, 0.6) is 0 Å². The summed E-state index contributed by atoms with van der Waals surface area (Å²) >= 11 is 0. The molecule has 2 rings (SSSR count). The molecule has 8 nitrogen and oxygen atoms in total. The maximum absolute atomic E-state index is 12.0. The summed E-state index contributed by atoms with van der Waals surface area (Å²) in [6, 6.07) is 0. The third kappa shape index (κ3) is 3.25. The van der Waals surface area contributed by atoms with Gasteiger partial charge in [-0.15, -0.1) is 0 Å². The van der Waals surface area contributed by atoms with Gasteiger partial charge in [-0.25, -0.2) is 13.1 Å². The molecular formula is C13H17N5O3S. The van der Waals surface area contributed by atoms with Crippen LogP contribution >= 0.6 is 0 Å². The van der Waals surface area contributed by atoms with E-state index in [1.165, 1.54) is 23.2 Å². The van der Waals surface area contributed by atoms with Crippen LogP contribution in [0.15, 0.2) is 23.4 Å². The van der Waals surface area contributed by atoms with Gasteiger partial charge < -0.3 is 0 Å². The van der Waals surface area contributed by atoms with Gasteiger partial charge in [0.25, 0.3) is 15.9 Å². The third-order valence-electron chi connectivity index (χ3n) is 3.19.